The van der Waals surface area contributed by atoms with Crippen molar-refractivity contribution in [1.82, 2.24) is 0 Å². The number of benzene rings is 3. The summed E-state index contributed by atoms with van der Waals surface area (Å²) in [5.74, 6) is 6.13. The standard InChI is InChI=1S/C28H22F4/c1-2-18-3-5-19(6-4-18)7-8-20-9-13-24(26(29)15-20)21-12-14-25-22(16-21)10-11-23(28(25)32)17-27(30)31/h2,9-19H,1,3-6H2. The minimum Gasteiger partial charge on any atom is -0.206 e. The minimum absolute atomic E-state index is 0.183. The van der Waals surface area contributed by atoms with Crippen LogP contribution in [0.15, 0.2) is 67.3 Å². The van der Waals surface area contributed by atoms with E-state index in [0.717, 1.165) is 25.7 Å². The quantitative estimate of drug-likeness (QED) is 0.221. The molecule has 0 bridgehead atoms. The number of hydrogen-bond acceptors (Lipinski definition) is 0. The fourth-order valence-electron chi connectivity index (χ4n) is 4.22. The van der Waals surface area contributed by atoms with Gasteiger partial charge >= 0.3 is 0 Å². The zero-order chi connectivity index (χ0) is 22.7. The van der Waals surface area contributed by atoms with Crippen molar-refractivity contribution in [3.05, 3.63) is 90.0 Å². The van der Waals surface area contributed by atoms with Gasteiger partial charge in [0.25, 0.3) is 6.08 Å². The minimum atomic E-state index is -1.96. The zero-order valence-corrected chi connectivity index (χ0v) is 17.5. The van der Waals surface area contributed by atoms with Crippen molar-refractivity contribution in [3.63, 3.8) is 0 Å². The van der Waals surface area contributed by atoms with Crippen LogP contribution in [0.25, 0.3) is 28.0 Å². The van der Waals surface area contributed by atoms with Crippen LogP contribution in [-0.4, -0.2) is 0 Å². The van der Waals surface area contributed by atoms with Gasteiger partial charge in [0.1, 0.15) is 11.6 Å². The Labute approximate surface area is 185 Å². The highest BCUT2D eigenvalue weighted by molar-refractivity contribution is 5.89. The first kappa shape index (κ1) is 21.9. The van der Waals surface area contributed by atoms with Crippen LogP contribution < -0.4 is 0 Å². The molecule has 4 heteroatoms. The van der Waals surface area contributed by atoms with Gasteiger partial charge in [0, 0.05) is 34.1 Å². The molecule has 0 spiro atoms. The second kappa shape index (κ2) is 9.44. The Kier molecular flexibility index (Phi) is 6.46. The van der Waals surface area contributed by atoms with E-state index in [1.165, 1.54) is 18.2 Å². The molecule has 0 radical (unpaired) electrons. The molecule has 1 aliphatic carbocycles. The summed E-state index contributed by atoms with van der Waals surface area (Å²) >= 11 is 0. The van der Waals surface area contributed by atoms with E-state index in [0.29, 0.717) is 40.0 Å². The van der Waals surface area contributed by atoms with Crippen LogP contribution in [0.4, 0.5) is 17.6 Å². The molecule has 0 unspecified atom stereocenters. The van der Waals surface area contributed by atoms with Gasteiger partial charge in [-0.15, -0.1) is 6.58 Å². The molecule has 0 N–H and O–H groups in total. The molecular weight excluding hydrogens is 412 g/mol. The molecule has 0 atom stereocenters. The molecule has 0 amide bonds. The number of halogens is 4. The summed E-state index contributed by atoms with van der Waals surface area (Å²) < 4.78 is 54.3. The van der Waals surface area contributed by atoms with Gasteiger partial charge in [0.15, 0.2) is 0 Å². The van der Waals surface area contributed by atoms with Crippen LogP contribution in [0, 0.1) is 35.3 Å². The van der Waals surface area contributed by atoms with Crippen LogP contribution >= 0.6 is 0 Å². The summed E-state index contributed by atoms with van der Waals surface area (Å²) in [6.07, 6.45) is 4.81. The van der Waals surface area contributed by atoms with E-state index in [9.17, 15) is 17.6 Å². The van der Waals surface area contributed by atoms with Gasteiger partial charge in [0.2, 0.25) is 0 Å². The number of allylic oxidation sites excluding steroid dienone is 1. The summed E-state index contributed by atoms with van der Waals surface area (Å²) in [6.45, 7) is 3.86. The molecule has 1 fully saturated rings. The lowest BCUT2D eigenvalue weighted by Gasteiger charge is -2.22. The number of hydrogen-bond donors (Lipinski definition) is 0. The third-order valence-corrected chi connectivity index (χ3v) is 6.05. The lowest BCUT2D eigenvalue weighted by Crippen LogP contribution is -2.11. The maximum absolute atomic E-state index is 14.8. The summed E-state index contributed by atoms with van der Waals surface area (Å²) in [7, 11) is 0. The molecule has 162 valence electrons. The molecule has 32 heavy (non-hydrogen) atoms. The van der Waals surface area contributed by atoms with Gasteiger partial charge in [-0.3, -0.25) is 0 Å². The topological polar surface area (TPSA) is 0 Å². The average molecular weight is 434 g/mol. The normalized spacial score (nSPS) is 18.0. The Morgan fingerprint density at radius 1 is 0.938 bits per heavy atom. The van der Waals surface area contributed by atoms with Gasteiger partial charge < -0.3 is 0 Å². The maximum Gasteiger partial charge on any atom is 0.271 e. The summed E-state index contributed by atoms with van der Waals surface area (Å²) in [6, 6.07) is 12.4. The first-order valence-electron chi connectivity index (χ1n) is 10.6. The number of fused-ring (bicyclic) bond motifs is 1. The Hall–Kier alpha value is -3.32. The molecule has 3 aromatic carbocycles. The SMILES string of the molecule is C=CC1CCC(C#Cc2ccc(-c3ccc4c(F)c(C=C(F)F)ccc4c3)c(F)c2)CC1. The maximum atomic E-state index is 14.8. The van der Waals surface area contributed by atoms with Crippen molar-refractivity contribution in [2.75, 3.05) is 0 Å². The molecule has 0 saturated heterocycles. The average Bonchev–Trinajstić information content (AvgIpc) is 2.79. The lowest BCUT2D eigenvalue weighted by atomic mass is 9.82. The Morgan fingerprint density at radius 3 is 2.41 bits per heavy atom. The molecule has 3 aromatic rings. The molecule has 1 saturated carbocycles. The van der Waals surface area contributed by atoms with E-state index in [-0.39, 0.29) is 10.9 Å². The van der Waals surface area contributed by atoms with Crippen molar-refractivity contribution in [3.8, 4) is 23.0 Å². The fourth-order valence-corrected chi connectivity index (χ4v) is 4.22. The van der Waals surface area contributed by atoms with E-state index >= 15 is 0 Å². The van der Waals surface area contributed by atoms with Crippen LogP contribution in [-0.2, 0) is 0 Å². The predicted octanol–water partition coefficient (Wildman–Crippen LogP) is 8.37. The van der Waals surface area contributed by atoms with Crippen molar-refractivity contribution in [1.29, 1.82) is 0 Å². The largest absolute Gasteiger partial charge is 0.271 e. The van der Waals surface area contributed by atoms with Crippen LogP contribution in [0.1, 0.15) is 36.8 Å². The Bertz CT molecular complexity index is 1250. The first-order chi connectivity index (χ1) is 15.4. The molecular formula is C28H22F4. The van der Waals surface area contributed by atoms with E-state index < -0.39 is 17.7 Å². The van der Waals surface area contributed by atoms with E-state index in [1.807, 2.05) is 6.08 Å². The van der Waals surface area contributed by atoms with Gasteiger partial charge in [0.05, 0.1) is 0 Å². The zero-order valence-electron chi connectivity index (χ0n) is 17.5. The monoisotopic (exact) mass is 434 g/mol. The third-order valence-electron chi connectivity index (χ3n) is 6.05. The van der Waals surface area contributed by atoms with Crippen LogP contribution in [0.3, 0.4) is 0 Å². The third kappa shape index (κ3) is 4.78. The highest BCUT2D eigenvalue weighted by Gasteiger charge is 2.17. The smallest absolute Gasteiger partial charge is 0.206 e. The second-order valence-corrected chi connectivity index (χ2v) is 8.15. The molecule has 0 heterocycles. The first-order valence-corrected chi connectivity index (χ1v) is 10.6. The molecule has 0 aromatic heterocycles. The van der Waals surface area contributed by atoms with E-state index in [2.05, 4.69) is 18.4 Å². The molecule has 0 nitrogen and oxygen atoms in total. The van der Waals surface area contributed by atoms with Crippen molar-refractivity contribution >= 4 is 16.8 Å². The Morgan fingerprint density at radius 2 is 1.72 bits per heavy atom. The van der Waals surface area contributed by atoms with Crippen molar-refractivity contribution in [2.45, 2.75) is 25.7 Å². The van der Waals surface area contributed by atoms with Gasteiger partial charge in [-0.1, -0.05) is 48.2 Å². The van der Waals surface area contributed by atoms with Crippen molar-refractivity contribution in [2.24, 2.45) is 11.8 Å². The van der Waals surface area contributed by atoms with Gasteiger partial charge in [-0.05, 0) is 60.7 Å². The van der Waals surface area contributed by atoms with Gasteiger partial charge in [-0.2, -0.15) is 8.78 Å². The highest BCUT2D eigenvalue weighted by atomic mass is 19.3. The number of rotatable bonds is 3. The second-order valence-electron chi connectivity index (χ2n) is 8.15. The van der Waals surface area contributed by atoms with Crippen LogP contribution in [0.5, 0.6) is 0 Å². The van der Waals surface area contributed by atoms with Gasteiger partial charge in [-0.25, -0.2) is 8.78 Å². The summed E-state index contributed by atoms with van der Waals surface area (Å²) in [4.78, 5) is 0. The van der Waals surface area contributed by atoms with Crippen LogP contribution in [0.2, 0.25) is 0 Å². The molecule has 0 aliphatic heterocycles. The predicted molar refractivity (Wildman–Crippen MR) is 122 cm³/mol. The summed E-state index contributed by atoms with van der Waals surface area (Å²) in [5, 5.41) is 0.715. The molecule has 1 aliphatic rings. The molecule has 4 rings (SSSR count). The highest BCUT2D eigenvalue weighted by Crippen LogP contribution is 2.31. The Balaban J connectivity index is 1.57. The van der Waals surface area contributed by atoms with Crippen molar-refractivity contribution < 1.29 is 17.6 Å². The fraction of sp³-hybridized carbons (Fsp3) is 0.214. The summed E-state index contributed by atoms with van der Waals surface area (Å²) in [5.41, 5.74) is 1.39. The van der Waals surface area contributed by atoms with E-state index in [4.69, 9.17) is 0 Å². The van der Waals surface area contributed by atoms with E-state index in [1.54, 1.807) is 30.3 Å². The lowest BCUT2D eigenvalue weighted by molar-refractivity contribution is 0.365.